The van der Waals surface area contributed by atoms with Gasteiger partial charge in [0.25, 0.3) is 0 Å². The van der Waals surface area contributed by atoms with E-state index in [-0.39, 0.29) is 19.3 Å². The number of hydrogen-bond acceptors (Lipinski definition) is 4. The first-order chi connectivity index (χ1) is 9.72. The van der Waals surface area contributed by atoms with Crippen molar-refractivity contribution in [2.45, 2.75) is 38.3 Å². The van der Waals surface area contributed by atoms with E-state index in [0.717, 1.165) is 49.4 Å². The molecule has 0 radical (unpaired) electrons. The molecule has 2 aliphatic rings. The summed E-state index contributed by atoms with van der Waals surface area (Å²) in [7, 11) is 0. The van der Waals surface area contributed by atoms with E-state index >= 15 is 0 Å². The Kier molecular flexibility index (Phi) is 3.78. The van der Waals surface area contributed by atoms with Gasteiger partial charge in [0.15, 0.2) is 11.5 Å². The summed E-state index contributed by atoms with van der Waals surface area (Å²) in [5.74, 6) is 0.858. The molecule has 1 N–H and O–H groups in total. The van der Waals surface area contributed by atoms with Crippen LogP contribution in [0.3, 0.4) is 0 Å². The third kappa shape index (κ3) is 2.88. The molecule has 1 aromatic rings. The van der Waals surface area contributed by atoms with E-state index in [1.807, 2.05) is 18.2 Å². The van der Waals surface area contributed by atoms with Gasteiger partial charge < -0.3 is 14.6 Å². The van der Waals surface area contributed by atoms with Crippen molar-refractivity contribution in [1.29, 1.82) is 0 Å². The minimum atomic E-state index is -0.715. The Morgan fingerprint density at radius 2 is 2.15 bits per heavy atom. The molecular formula is C15H19NO4. The summed E-state index contributed by atoms with van der Waals surface area (Å²) in [5.41, 5.74) is 1.14. The Bertz CT molecular complexity index is 503. The number of hydrogen-bond donors (Lipinski definition) is 1. The maximum absolute atomic E-state index is 11.0. The maximum atomic E-state index is 11.0. The van der Waals surface area contributed by atoms with Crippen LogP contribution in [-0.2, 0) is 11.3 Å². The predicted molar refractivity (Wildman–Crippen MR) is 72.9 cm³/mol. The fraction of sp³-hybridized carbons (Fsp3) is 0.533. The minimum absolute atomic E-state index is 0.145. The summed E-state index contributed by atoms with van der Waals surface area (Å²) in [6, 6.07) is 6.09. The van der Waals surface area contributed by atoms with Crippen LogP contribution in [0.4, 0.5) is 0 Å². The molecule has 1 saturated heterocycles. The highest BCUT2D eigenvalue weighted by Crippen LogP contribution is 2.33. The van der Waals surface area contributed by atoms with Gasteiger partial charge in [-0.2, -0.15) is 0 Å². The highest BCUT2D eigenvalue weighted by molar-refractivity contribution is 5.67. The van der Waals surface area contributed by atoms with E-state index in [9.17, 15) is 4.79 Å². The van der Waals surface area contributed by atoms with E-state index in [2.05, 4.69) is 4.90 Å². The van der Waals surface area contributed by atoms with Crippen LogP contribution in [0.25, 0.3) is 0 Å². The first-order valence-electron chi connectivity index (χ1n) is 7.07. The lowest BCUT2D eigenvalue weighted by molar-refractivity contribution is -0.138. The number of rotatable bonds is 4. The highest BCUT2D eigenvalue weighted by Gasteiger charge is 2.25. The fourth-order valence-electron chi connectivity index (χ4n) is 2.97. The number of carbonyl (C=O) groups is 1. The van der Waals surface area contributed by atoms with Gasteiger partial charge in [-0.15, -0.1) is 0 Å². The van der Waals surface area contributed by atoms with Crippen LogP contribution in [0.15, 0.2) is 18.2 Å². The standard InChI is InChI=1S/C15H19NO4/c17-15(18)8-12-3-1-2-6-16(12)9-11-4-5-13-14(7-11)20-10-19-13/h4-5,7,12H,1-3,6,8-10H2,(H,17,18). The molecule has 0 amide bonds. The topological polar surface area (TPSA) is 59.0 Å². The van der Waals surface area contributed by atoms with E-state index in [1.54, 1.807) is 0 Å². The van der Waals surface area contributed by atoms with Crippen molar-refractivity contribution in [1.82, 2.24) is 4.90 Å². The number of benzene rings is 1. The summed E-state index contributed by atoms with van der Waals surface area (Å²) >= 11 is 0. The fourth-order valence-corrected chi connectivity index (χ4v) is 2.97. The summed E-state index contributed by atoms with van der Waals surface area (Å²) in [5, 5.41) is 9.01. The molecular weight excluding hydrogens is 258 g/mol. The third-order valence-electron chi connectivity index (χ3n) is 3.98. The lowest BCUT2D eigenvalue weighted by Crippen LogP contribution is -2.40. The molecule has 0 spiro atoms. The number of fused-ring (bicyclic) bond motifs is 1. The van der Waals surface area contributed by atoms with Crippen LogP contribution < -0.4 is 9.47 Å². The number of aliphatic carboxylic acids is 1. The number of carboxylic acid groups (broad SMARTS) is 1. The number of nitrogens with zero attached hydrogens (tertiary/aromatic N) is 1. The van der Waals surface area contributed by atoms with Gasteiger partial charge in [0.2, 0.25) is 6.79 Å². The third-order valence-corrected chi connectivity index (χ3v) is 3.98. The number of piperidine rings is 1. The van der Waals surface area contributed by atoms with Crippen molar-refractivity contribution in [3.05, 3.63) is 23.8 Å². The maximum Gasteiger partial charge on any atom is 0.304 e. The number of carboxylic acids is 1. The minimum Gasteiger partial charge on any atom is -0.481 e. The van der Waals surface area contributed by atoms with Gasteiger partial charge in [0.05, 0.1) is 6.42 Å². The number of likely N-dealkylation sites (tertiary alicyclic amines) is 1. The first-order valence-corrected chi connectivity index (χ1v) is 7.07. The van der Waals surface area contributed by atoms with Crippen molar-refractivity contribution in [3.8, 4) is 11.5 Å². The molecule has 20 heavy (non-hydrogen) atoms. The zero-order valence-electron chi connectivity index (χ0n) is 11.4. The molecule has 0 aliphatic carbocycles. The zero-order chi connectivity index (χ0) is 13.9. The monoisotopic (exact) mass is 277 g/mol. The summed E-state index contributed by atoms with van der Waals surface area (Å²) in [6.45, 7) is 2.02. The van der Waals surface area contributed by atoms with Gasteiger partial charge in [-0.25, -0.2) is 0 Å². The van der Waals surface area contributed by atoms with E-state index in [0.29, 0.717) is 0 Å². The van der Waals surface area contributed by atoms with Gasteiger partial charge in [-0.05, 0) is 37.1 Å². The Hall–Kier alpha value is -1.75. The van der Waals surface area contributed by atoms with Gasteiger partial charge in [0.1, 0.15) is 0 Å². The molecule has 2 aliphatic heterocycles. The van der Waals surface area contributed by atoms with E-state index in [1.165, 1.54) is 0 Å². The van der Waals surface area contributed by atoms with Crippen LogP contribution >= 0.6 is 0 Å². The lowest BCUT2D eigenvalue weighted by atomic mass is 9.98. The van der Waals surface area contributed by atoms with Crippen molar-refractivity contribution in [2.75, 3.05) is 13.3 Å². The lowest BCUT2D eigenvalue weighted by Gasteiger charge is -2.35. The smallest absolute Gasteiger partial charge is 0.304 e. The van der Waals surface area contributed by atoms with Crippen LogP contribution in [0, 0.1) is 0 Å². The highest BCUT2D eigenvalue weighted by atomic mass is 16.7. The molecule has 0 saturated carbocycles. The van der Waals surface area contributed by atoms with Gasteiger partial charge >= 0.3 is 5.97 Å². The van der Waals surface area contributed by atoms with E-state index in [4.69, 9.17) is 14.6 Å². The van der Waals surface area contributed by atoms with Crippen LogP contribution in [0.5, 0.6) is 11.5 Å². The van der Waals surface area contributed by atoms with Crippen molar-refractivity contribution in [2.24, 2.45) is 0 Å². The second kappa shape index (κ2) is 5.71. The van der Waals surface area contributed by atoms with Crippen molar-refractivity contribution in [3.63, 3.8) is 0 Å². The second-order valence-corrected chi connectivity index (χ2v) is 5.41. The van der Waals surface area contributed by atoms with Gasteiger partial charge in [-0.3, -0.25) is 9.69 Å². The average molecular weight is 277 g/mol. The Balaban J connectivity index is 1.70. The van der Waals surface area contributed by atoms with Crippen LogP contribution in [0.2, 0.25) is 0 Å². The largest absolute Gasteiger partial charge is 0.481 e. The molecule has 108 valence electrons. The summed E-state index contributed by atoms with van der Waals surface area (Å²) in [6.07, 6.45) is 3.46. The molecule has 5 heteroatoms. The SMILES string of the molecule is O=C(O)CC1CCCCN1Cc1ccc2c(c1)OCO2. The molecule has 1 aromatic carbocycles. The normalized spacial score (nSPS) is 21.9. The van der Waals surface area contributed by atoms with Gasteiger partial charge in [0, 0.05) is 12.6 Å². The molecule has 5 nitrogen and oxygen atoms in total. The second-order valence-electron chi connectivity index (χ2n) is 5.41. The van der Waals surface area contributed by atoms with E-state index < -0.39 is 5.97 Å². The Labute approximate surface area is 118 Å². The van der Waals surface area contributed by atoms with Crippen molar-refractivity contribution < 1.29 is 19.4 Å². The zero-order valence-corrected chi connectivity index (χ0v) is 11.4. The quantitative estimate of drug-likeness (QED) is 0.914. The average Bonchev–Trinajstić information content (AvgIpc) is 2.88. The Morgan fingerprint density at radius 1 is 1.30 bits per heavy atom. The molecule has 2 heterocycles. The predicted octanol–water partition coefficient (Wildman–Crippen LogP) is 2.24. The molecule has 0 bridgehead atoms. The number of ether oxygens (including phenoxy) is 2. The molecule has 1 atom stereocenters. The molecule has 1 unspecified atom stereocenters. The van der Waals surface area contributed by atoms with Crippen LogP contribution in [0.1, 0.15) is 31.2 Å². The first kappa shape index (κ1) is 13.2. The molecule has 1 fully saturated rings. The molecule has 3 rings (SSSR count). The summed E-state index contributed by atoms with van der Waals surface area (Å²) < 4.78 is 10.7. The molecule has 0 aromatic heterocycles. The Morgan fingerprint density at radius 3 is 3.00 bits per heavy atom. The summed E-state index contributed by atoms with van der Waals surface area (Å²) in [4.78, 5) is 13.2. The van der Waals surface area contributed by atoms with Crippen LogP contribution in [-0.4, -0.2) is 35.4 Å². The van der Waals surface area contributed by atoms with Gasteiger partial charge in [-0.1, -0.05) is 12.5 Å². The van der Waals surface area contributed by atoms with Crippen molar-refractivity contribution >= 4 is 5.97 Å².